The lowest BCUT2D eigenvalue weighted by Gasteiger charge is -2.25. The molecule has 204 valence electrons. The number of nitrogens with one attached hydrogen (secondary N) is 3. The van der Waals surface area contributed by atoms with E-state index >= 15 is 0 Å². The standard InChI is InChI=1S/C24H36N6O7/c1-13(2)10-15(25)21(33)29-18(12-20(27)32)23(35)30-17(11-14-6-4-3-5-7-14)22(34)28-16(24(36)37)8-9-19(26)31/h3-7,13,15-18H,8-12,25H2,1-2H3,(H2,26,31)(H2,27,32)(H,28,34)(H,29,33)(H,30,35)(H,36,37). The lowest BCUT2D eigenvalue weighted by molar-refractivity contribution is -0.142. The summed E-state index contributed by atoms with van der Waals surface area (Å²) in [6, 6.07) is 3.49. The number of amides is 5. The number of hydrogen-bond donors (Lipinski definition) is 7. The van der Waals surface area contributed by atoms with E-state index in [1.165, 1.54) is 0 Å². The maximum atomic E-state index is 13.1. The van der Waals surface area contributed by atoms with Gasteiger partial charge in [0.25, 0.3) is 0 Å². The fourth-order valence-corrected chi connectivity index (χ4v) is 3.45. The highest BCUT2D eigenvalue weighted by Crippen LogP contribution is 2.08. The second-order valence-electron chi connectivity index (χ2n) is 9.12. The minimum Gasteiger partial charge on any atom is -0.480 e. The number of nitrogens with two attached hydrogens (primary N) is 3. The molecule has 0 radical (unpaired) electrons. The van der Waals surface area contributed by atoms with E-state index in [9.17, 15) is 33.9 Å². The van der Waals surface area contributed by atoms with Crippen LogP contribution in [0.3, 0.4) is 0 Å². The smallest absolute Gasteiger partial charge is 0.326 e. The van der Waals surface area contributed by atoms with Crippen LogP contribution in [-0.2, 0) is 35.2 Å². The Morgan fingerprint density at radius 3 is 1.86 bits per heavy atom. The van der Waals surface area contributed by atoms with Gasteiger partial charge < -0.3 is 38.3 Å². The molecular weight excluding hydrogens is 484 g/mol. The minimum absolute atomic E-state index is 0.0370. The number of benzene rings is 1. The predicted octanol–water partition coefficient (Wildman–Crippen LogP) is -1.72. The number of rotatable bonds is 16. The quantitative estimate of drug-likeness (QED) is 0.132. The van der Waals surface area contributed by atoms with E-state index < -0.39 is 66.1 Å². The zero-order valence-corrected chi connectivity index (χ0v) is 20.9. The summed E-state index contributed by atoms with van der Waals surface area (Å²) in [6.45, 7) is 3.72. The molecule has 0 bridgehead atoms. The number of carbonyl (C=O) groups is 6. The van der Waals surface area contributed by atoms with Crippen LogP contribution < -0.4 is 33.2 Å². The Hall–Kier alpha value is -4.00. The van der Waals surface area contributed by atoms with Crippen molar-refractivity contribution in [2.45, 2.75) is 70.1 Å². The van der Waals surface area contributed by atoms with Gasteiger partial charge in [0.15, 0.2) is 0 Å². The van der Waals surface area contributed by atoms with E-state index in [1.807, 2.05) is 13.8 Å². The van der Waals surface area contributed by atoms with Crippen molar-refractivity contribution in [3.63, 3.8) is 0 Å². The van der Waals surface area contributed by atoms with Crippen LogP contribution >= 0.6 is 0 Å². The van der Waals surface area contributed by atoms with Gasteiger partial charge >= 0.3 is 5.97 Å². The maximum absolute atomic E-state index is 13.1. The van der Waals surface area contributed by atoms with E-state index in [-0.39, 0.29) is 25.2 Å². The molecule has 4 atom stereocenters. The molecule has 13 nitrogen and oxygen atoms in total. The summed E-state index contributed by atoms with van der Waals surface area (Å²) < 4.78 is 0. The zero-order chi connectivity index (χ0) is 28.1. The van der Waals surface area contributed by atoms with Gasteiger partial charge in [-0.25, -0.2) is 4.79 Å². The minimum atomic E-state index is -1.44. The molecule has 1 rings (SSSR count). The Morgan fingerprint density at radius 2 is 1.35 bits per heavy atom. The van der Waals surface area contributed by atoms with E-state index in [4.69, 9.17) is 17.2 Å². The van der Waals surface area contributed by atoms with Crippen molar-refractivity contribution in [2.75, 3.05) is 0 Å². The molecule has 0 spiro atoms. The molecule has 0 aliphatic heterocycles. The van der Waals surface area contributed by atoms with Crippen LogP contribution in [0.2, 0.25) is 0 Å². The van der Waals surface area contributed by atoms with Crippen molar-refractivity contribution in [1.82, 2.24) is 16.0 Å². The van der Waals surface area contributed by atoms with Crippen molar-refractivity contribution in [3.05, 3.63) is 35.9 Å². The summed E-state index contributed by atoms with van der Waals surface area (Å²) >= 11 is 0. The van der Waals surface area contributed by atoms with E-state index in [2.05, 4.69) is 16.0 Å². The Labute approximate surface area is 214 Å². The summed E-state index contributed by atoms with van der Waals surface area (Å²) in [5.41, 5.74) is 16.8. The second kappa shape index (κ2) is 15.2. The van der Waals surface area contributed by atoms with Gasteiger partial charge in [0, 0.05) is 12.8 Å². The Morgan fingerprint density at radius 1 is 0.811 bits per heavy atom. The molecule has 0 aliphatic carbocycles. The Kier molecular flexibility index (Phi) is 12.7. The summed E-state index contributed by atoms with van der Waals surface area (Å²) in [7, 11) is 0. The van der Waals surface area contributed by atoms with Crippen molar-refractivity contribution >= 4 is 35.5 Å². The molecule has 10 N–H and O–H groups in total. The van der Waals surface area contributed by atoms with Crippen LogP contribution in [0.4, 0.5) is 0 Å². The summed E-state index contributed by atoms with van der Waals surface area (Å²) in [6.07, 6.45) is -0.794. The topological polar surface area (TPSA) is 237 Å². The largest absolute Gasteiger partial charge is 0.480 e. The van der Waals surface area contributed by atoms with E-state index in [0.717, 1.165) is 0 Å². The van der Waals surface area contributed by atoms with Gasteiger partial charge in [-0.15, -0.1) is 0 Å². The number of hydrogen-bond acceptors (Lipinski definition) is 7. The number of carboxylic acid groups (broad SMARTS) is 1. The van der Waals surface area contributed by atoms with Gasteiger partial charge in [-0.05, 0) is 24.3 Å². The second-order valence-corrected chi connectivity index (χ2v) is 9.12. The lowest BCUT2D eigenvalue weighted by Crippen LogP contribution is -2.58. The average molecular weight is 521 g/mol. The summed E-state index contributed by atoms with van der Waals surface area (Å²) in [5, 5.41) is 16.6. The van der Waals surface area contributed by atoms with E-state index in [0.29, 0.717) is 12.0 Å². The van der Waals surface area contributed by atoms with Crippen LogP contribution in [0, 0.1) is 5.92 Å². The first-order valence-corrected chi connectivity index (χ1v) is 11.8. The molecule has 0 aliphatic rings. The van der Waals surface area contributed by atoms with Crippen molar-refractivity contribution in [1.29, 1.82) is 0 Å². The zero-order valence-electron chi connectivity index (χ0n) is 20.9. The molecule has 0 saturated carbocycles. The molecule has 4 unspecified atom stereocenters. The normalized spacial score (nSPS) is 14.1. The van der Waals surface area contributed by atoms with Gasteiger partial charge in [0.1, 0.15) is 18.1 Å². The van der Waals surface area contributed by atoms with Gasteiger partial charge in [-0.3, -0.25) is 24.0 Å². The predicted molar refractivity (Wildman–Crippen MR) is 133 cm³/mol. The van der Waals surface area contributed by atoms with Gasteiger partial charge in [0.05, 0.1) is 12.5 Å². The van der Waals surface area contributed by atoms with Crippen molar-refractivity contribution in [3.8, 4) is 0 Å². The monoisotopic (exact) mass is 520 g/mol. The highest BCUT2D eigenvalue weighted by molar-refractivity contribution is 5.96. The number of carbonyl (C=O) groups excluding carboxylic acids is 5. The molecule has 13 heteroatoms. The van der Waals surface area contributed by atoms with Crippen LogP contribution in [-0.4, -0.2) is 64.8 Å². The van der Waals surface area contributed by atoms with Crippen molar-refractivity contribution < 1.29 is 33.9 Å². The molecule has 1 aromatic carbocycles. The average Bonchev–Trinajstić information content (AvgIpc) is 2.80. The molecule has 0 aromatic heterocycles. The SMILES string of the molecule is CC(C)CC(N)C(=O)NC(CC(N)=O)C(=O)NC(Cc1ccccc1)C(=O)NC(CCC(N)=O)C(=O)O. The Bertz CT molecular complexity index is 970. The fraction of sp³-hybridized carbons (Fsp3) is 0.500. The lowest BCUT2D eigenvalue weighted by atomic mass is 10.0. The number of carboxylic acids is 1. The highest BCUT2D eigenvalue weighted by Gasteiger charge is 2.31. The molecule has 5 amide bonds. The van der Waals surface area contributed by atoms with Crippen molar-refractivity contribution in [2.24, 2.45) is 23.1 Å². The first kappa shape index (κ1) is 31.0. The summed E-state index contributed by atoms with van der Waals surface area (Å²) in [4.78, 5) is 72.8. The molecule has 0 saturated heterocycles. The Balaban J connectivity index is 3.12. The van der Waals surface area contributed by atoms with Crippen LogP contribution in [0.1, 0.15) is 45.1 Å². The third kappa shape index (κ3) is 12.0. The van der Waals surface area contributed by atoms with Crippen LogP contribution in [0.15, 0.2) is 30.3 Å². The molecule has 0 heterocycles. The fourth-order valence-electron chi connectivity index (χ4n) is 3.45. The molecule has 0 fully saturated rings. The molecule has 37 heavy (non-hydrogen) atoms. The van der Waals surface area contributed by atoms with Crippen LogP contribution in [0.5, 0.6) is 0 Å². The number of primary amides is 2. The van der Waals surface area contributed by atoms with Gasteiger partial charge in [-0.2, -0.15) is 0 Å². The van der Waals surface area contributed by atoms with Crippen LogP contribution in [0.25, 0.3) is 0 Å². The molecule has 1 aromatic rings. The van der Waals surface area contributed by atoms with Gasteiger partial charge in [-0.1, -0.05) is 44.2 Å². The maximum Gasteiger partial charge on any atom is 0.326 e. The van der Waals surface area contributed by atoms with Gasteiger partial charge in [0.2, 0.25) is 29.5 Å². The summed E-state index contributed by atoms with van der Waals surface area (Å²) in [5.74, 6) is -5.32. The highest BCUT2D eigenvalue weighted by atomic mass is 16.4. The first-order valence-electron chi connectivity index (χ1n) is 11.8. The molecular formula is C24H36N6O7. The third-order valence-electron chi connectivity index (χ3n) is 5.31. The first-order chi connectivity index (χ1) is 17.3. The van der Waals surface area contributed by atoms with E-state index in [1.54, 1.807) is 30.3 Å². The third-order valence-corrected chi connectivity index (χ3v) is 5.31. The number of aliphatic carboxylic acids is 1.